The predicted molar refractivity (Wildman–Crippen MR) is 114 cm³/mol. The third-order valence-electron chi connectivity index (χ3n) is 5.75. The van der Waals surface area contributed by atoms with Gasteiger partial charge in [0, 0.05) is 11.8 Å². The van der Waals surface area contributed by atoms with Crippen LogP contribution in [0.1, 0.15) is 33.7 Å². The highest BCUT2D eigenvalue weighted by molar-refractivity contribution is 5.88. The Balaban J connectivity index is 1.83. The summed E-state index contributed by atoms with van der Waals surface area (Å²) in [6.07, 6.45) is 9.07. The molecule has 0 heteroatoms. The lowest BCUT2D eigenvalue weighted by Crippen LogP contribution is -2.23. The molecular formula is C27H22. The van der Waals surface area contributed by atoms with Crippen molar-refractivity contribution in [1.29, 1.82) is 0 Å². The zero-order valence-electron chi connectivity index (χ0n) is 15.5. The van der Waals surface area contributed by atoms with Crippen molar-refractivity contribution in [1.82, 2.24) is 0 Å². The van der Waals surface area contributed by atoms with Crippen molar-refractivity contribution in [2.75, 3.05) is 0 Å². The monoisotopic (exact) mass is 346 g/mol. The molecule has 5 rings (SSSR count). The Bertz CT molecular complexity index is 1070. The minimum atomic E-state index is 0.352. The topological polar surface area (TPSA) is 0 Å². The number of allylic oxidation sites excluding steroid dienone is 5. The van der Waals surface area contributed by atoms with Crippen LogP contribution in [0.3, 0.4) is 0 Å². The van der Waals surface area contributed by atoms with Gasteiger partial charge in [0.25, 0.3) is 0 Å². The molecule has 0 saturated carbocycles. The third-order valence-corrected chi connectivity index (χ3v) is 5.75. The van der Waals surface area contributed by atoms with E-state index in [4.69, 9.17) is 0 Å². The summed E-state index contributed by atoms with van der Waals surface area (Å²) in [5, 5.41) is 0. The smallest absolute Gasteiger partial charge is 0.0199 e. The first-order valence-corrected chi connectivity index (χ1v) is 9.63. The molecule has 0 radical (unpaired) electrons. The first-order valence-electron chi connectivity index (χ1n) is 9.63. The van der Waals surface area contributed by atoms with Gasteiger partial charge in [0.2, 0.25) is 0 Å². The highest BCUT2D eigenvalue weighted by Gasteiger charge is 2.35. The maximum absolute atomic E-state index is 2.37. The van der Waals surface area contributed by atoms with Crippen molar-refractivity contribution in [3.8, 4) is 0 Å². The van der Waals surface area contributed by atoms with Gasteiger partial charge in [-0.2, -0.15) is 0 Å². The molecule has 3 aromatic rings. The number of hydrogen-bond donors (Lipinski definition) is 0. The highest BCUT2D eigenvalue weighted by atomic mass is 14.4. The number of aryl methyl sites for hydroxylation is 1. The molecule has 0 spiro atoms. The van der Waals surface area contributed by atoms with Crippen LogP contribution >= 0.6 is 0 Å². The van der Waals surface area contributed by atoms with Crippen LogP contribution in [0.25, 0.3) is 5.57 Å². The second-order valence-corrected chi connectivity index (χ2v) is 7.45. The van der Waals surface area contributed by atoms with Gasteiger partial charge in [0.15, 0.2) is 0 Å². The van der Waals surface area contributed by atoms with Crippen molar-refractivity contribution in [3.05, 3.63) is 137 Å². The van der Waals surface area contributed by atoms with E-state index in [0.29, 0.717) is 11.8 Å². The Morgan fingerprint density at radius 2 is 1.48 bits per heavy atom. The fourth-order valence-corrected chi connectivity index (χ4v) is 4.58. The fourth-order valence-electron chi connectivity index (χ4n) is 4.58. The minimum Gasteiger partial charge on any atom is -0.0760 e. The maximum Gasteiger partial charge on any atom is 0.0199 e. The van der Waals surface area contributed by atoms with Crippen LogP contribution in [-0.2, 0) is 0 Å². The summed E-state index contributed by atoms with van der Waals surface area (Å²) in [4.78, 5) is 0. The second-order valence-electron chi connectivity index (χ2n) is 7.45. The van der Waals surface area contributed by atoms with Crippen molar-refractivity contribution in [2.24, 2.45) is 5.92 Å². The third kappa shape index (κ3) is 2.69. The van der Waals surface area contributed by atoms with Crippen LogP contribution in [0.15, 0.2) is 109 Å². The maximum atomic E-state index is 2.37. The molecule has 0 aliphatic heterocycles. The summed E-state index contributed by atoms with van der Waals surface area (Å²) < 4.78 is 0. The molecule has 2 aliphatic rings. The summed E-state index contributed by atoms with van der Waals surface area (Å²) >= 11 is 0. The molecule has 0 nitrogen and oxygen atoms in total. The van der Waals surface area contributed by atoms with Gasteiger partial charge in [-0.1, -0.05) is 109 Å². The predicted octanol–water partition coefficient (Wildman–Crippen LogP) is 6.68. The van der Waals surface area contributed by atoms with Crippen molar-refractivity contribution in [3.63, 3.8) is 0 Å². The molecule has 2 aliphatic carbocycles. The van der Waals surface area contributed by atoms with Gasteiger partial charge < -0.3 is 0 Å². The van der Waals surface area contributed by atoms with Gasteiger partial charge in [-0.05, 0) is 40.3 Å². The molecule has 27 heavy (non-hydrogen) atoms. The Kier molecular flexibility index (Phi) is 3.90. The summed E-state index contributed by atoms with van der Waals surface area (Å²) in [5.74, 6) is 0.716. The number of rotatable bonds is 2. The van der Waals surface area contributed by atoms with Gasteiger partial charge in [0.1, 0.15) is 0 Å². The Labute approximate surface area is 161 Å². The SMILES string of the molecule is Cc1ccc2c(c1)C(c1ccccc1)=C1C=CC=CC1C2c1ccccc1. The number of fused-ring (bicyclic) bond motifs is 2. The summed E-state index contributed by atoms with van der Waals surface area (Å²) in [6.45, 7) is 2.19. The normalized spacial score (nSPS) is 20.3. The Morgan fingerprint density at radius 1 is 0.741 bits per heavy atom. The van der Waals surface area contributed by atoms with E-state index in [-0.39, 0.29) is 0 Å². The average Bonchev–Trinajstić information content (AvgIpc) is 2.73. The Hall–Kier alpha value is -3.12. The van der Waals surface area contributed by atoms with Gasteiger partial charge in [-0.3, -0.25) is 0 Å². The lowest BCUT2D eigenvalue weighted by molar-refractivity contribution is 0.648. The standard InChI is InChI=1S/C27H22/c1-19-16-17-24-25(18-19)27(21-12-6-3-7-13-21)23-15-9-8-14-22(23)26(24)20-10-4-2-5-11-20/h2-18,22,26H,1H3. The van der Waals surface area contributed by atoms with E-state index in [1.807, 2.05) is 0 Å². The van der Waals surface area contributed by atoms with Crippen molar-refractivity contribution >= 4 is 5.57 Å². The zero-order chi connectivity index (χ0) is 18.2. The summed E-state index contributed by atoms with van der Waals surface area (Å²) in [6, 6.07) is 28.8. The lowest BCUT2D eigenvalue weighted by Gasteiger charge is -2.37. The molecule has 0 fully saturated rings. The van der Waals surface area contributed by atoms with Gasteiger partial charge in [-0.15, -0.1) is 0 Å². The highest BCUT2D eigenvalue weighted by Crippen LogP contribution is 2.50. The molecule has 3 aromatic carbocycles. The van der Waals surface area contributed by atoms with Crippen LogP contribution in [0.4, 0.5) is 0 Å². The van der Waals surface area contributed by atoms with E-state index in [1.54, 1.807) is 0 Å². The van der Waals surface area contributed by atoms with E-state index in [2.05, 4.69) is 110 Å². The molecule has 2 atom stereocenters. The molecule has 0 saturated heterocycles. The van der Waals surface area contributed by atoms with Crippen LogP contribution in [0.5, 0.6) is 0 Å². The molecule has 0 N–H and O–H groups in total. The van der Waals surface area contributed by atoms with Crippen molar-refractivity contribution < 1.29 is 0 Å². The van der Waals surface area contributed by atoms with E-state index in [9.17, 15) is 0 Å². The largest absolute Gasteiger partial charge is 0.0760 e. The summed E-state index contributed by atoms with van der Waals surface area (Å²) in [5.41, 5.74) is 9.61. The van der Waals surface area contributed by atoms with Crippen LogP contribution in [0.2, 0.25) is 0 Å². The number of hydrogen-bond acceptors (Lipinski definition) is 0. The average molecular weight is 346 g/mol. The van der Waals surface area contributed by atoms with Gasteiger partial charge in [-0.25, -0.2) is 0 Å². The van der Waals surface area contributed by atoms with Gasteiger partial charge >= 0.3 is 0 Å². The van der Waals surface area contributed by atoms with Crippen LogP contribution in [0, 0.1) is 12.8 Å². The lowest BCUT2D eigenvalue weighted by atomic mass is 9.66. The van der Waals surface area contributed by atoms with Gasteiger partial charge in [0.05, 0.1) is 0 Å². The minimum absolute atomic E-state index is 0.352. The Morgan fingerprint density at radius 3 is 2.26 bits per heavy atom. The van der Waals surface area contributed by atoms with E-state index in [1.165, 1.54) is 39.0 Å². The molecule has 0 bridgehead atoms. The first kappa shape index (κ1) is 16.1. The zero-order valence-corrected chi connectivity index (χ0v) is 15.5. The van der Waals surface area contributed by atoms with Crippen molar-refractivity contribution in [2.45, 2.75) is 12.8 Å². The second kappa shape index (κ2) is 6.55. The van der Waals surface area contributed by atoms with E-state index < -0.39 is 0 Å². The van der Waals surface area contributed by atoms with Crippen LogP contribution < -0.4 is 0 Å². The quantitative estimate of drug-likeness (QED) is 0.485. The molecular weight excluding hydrogens is 324 g/mol. The fraction of sp³-hybridized carbons (Fsp3) is 0.111. The van der Waals surface area contributed by atoms with E-state index in [0.717, 1.165) is 0 Å². The van der Waals surface area contributed by atoms with Crippen LogP contribution in [-0.4, -0.2) is 0 Å². The molecule has 2 unspecified atom stereocenters. The molecule has 130 valence electrons. The molecule has 0 amide bonds. The number of benzene rings is 3. The molecule has 0 heterocycles. The summed E-state index contributed by atoms with van der Waals surface area (Å²) in [7, 11) is 0. The van der Waals surface area contributed by atoms with E-state index >= 15 is 0 Å². The molecule has 0 aromatic heterocycles. The first-order chi connectivity index (χ1) is 13.3.